The van der Waals surface area contributed by atoms with Gasteiger partial charge in [-0.2, -0.15) is 0 Å². The van der Waals surface area contributed by atoms with Gasteiger partial charge in [0, 0.05) is 18.7 Å². The molecule has 0 bridgehead atoms. The van der Waals surface area contributed by atoms with Crippen LogP contribution in [0.15, 0.2) is 24.3 Å². The Bertz CT molecular complexity index is 499. The molecule has 0 aliphatic carbocycles. The van der Waals surface area contributed by atoms with Crippen LogP contribution in [-0.2, 0) is 4.79 Å². The number of benzene rings is 1. The fourth-order valence-corrected chi connectivity index (χ4v) is 2.25. The van der Waals surface area contributed by atoms with Gasteiger partial charge in [0.1, 0.15) is 5.82 Å². The number of halogens is 1. The minimum absolute atomic E-state index is 0.283. The first-order valence-corrected chi connectivity index (χ1v) is 6.55. The van der Waals surface area contributed by atoms with E-state index in [0.29, 0.717) is 32.6 Å². The molecule has 0 spiro atoms. The van der Waals surface area contributed by atoms with E-state index in [4.69, 9.17) is 5.11 Å². The summed E-state index contributed by atoms with van der Waals surface area (Å²) in [5.41, 5.74) is 0.283. The molecule has 1 aromatic rings. The molecular weight excluding hydrogens is 263 g/mol. The molecule has 1 aromatic carbocycles. The van der Waals surface area contributed by atoms with Gasteiger partial charge in [0.05, 0.1) is 12.6 Å². The number of nitrogens with zero attached hydrogens (tertiary/aromatic N) is 1. The summed E-state index contributed by atoms with van der Waals surface area (Å²) in [6, 6.07) is 5.51. The van der Waals surface area contributed by atoms with E-state index in [-0.39, 0.29) is 17.4 Å². The zero-order valence-corrected chi connectivity index (χ0v) is 11.0. The van der Waals surface area contributed by atoms with Crippen LogP contribution in [-0.4, -0.2) is 41.6 Å². The van der Waals surface area contributed by atoms with Gasteiger partial charge < -0.3 is 10.4 Å². The number of hydrogen-bond donors (Lipinski definition) is 2. The third-order valence-corrected chi connectivity index (χ3v) is 3.49. The third-order valence-electron chi connectivity index (χ3n) is 3.49. The molecule has 0 radical (unpaired) electrons. The SMILES string of the molecule is O=C(NCN1CCC(C(=O)O)CC1)c1cccc(F)c1. The van der Waals surface area contributed by atoms with Crippen LogP contribution in [0.2, 0.25) is 0 Å². The minimum atomic E-state index is -0.756. The molecule has 0 atom stereocenters. The zero-order valence-electron chi connectivity index (χ0n) is 11.0. The van der Waals surface area contributed by atoms with E-state index in [1.807, 2.05) is 4.90 Å². The standard InChI is InChI=1S/C14H17FN2O3/c15-12-3-1-2-11(8-12)13(18)16-9-17-6-4-10(5-7-17)14(19)20/h1-3,8,10H,4-7,9H2,(H,16,18)(H,19,20). The van der Waals surface area contributed by atoms with E-state index in [2.05, 4.69) is 5.32 Å². The maximum Gasteiger partial charge on any atom is 0.306 e. The Morgan fingerprint density at radius 1 is 1.35 bits per heavy atom. The van der Waals surface area contributed by atoms with Crippen molar-refractivity contribution < 1.29 is 19.1 Å². The third kappa shape index (κ3) is 3.77. The molecule has 20 heavy (non-hydrogen) atoms. The Labute approximate surface area is 116 Å². The molecule has 1 aliphatic heterocycles. The van der Waals surface area contributed by atoms with Crippen LogP contribution >= 0.6 is 0 Å². The second-order valence-electron chi connectivity index (χ2n) is 4.90. The zero-order chi connectivity index (χ0) is 14.5. The summed E-state index contributed by atoms with van der Waals surface area (Å²) in [6.07, 6.45) is 1.18. The van der Waals surface area contributed by atoms with E-state index in [0.717, 1.165) is 0 Å². The summed E-state index contributed by atoms with van der Waals surface area (Å²) in [6.45, 7) is 1.63. The van der Waals surface area contributed by atoms with E-state index in [9.17, 15) is 14.0 Å². The van der Waals surface area contributed by atoms with Gasteiger partial charge in [-0.05, 0) is 31.0 Å². The largest absolute Gasteiger partial charge is 0.481 e. The molecule has 6 heteroatoms. The number of aliphatic carboxylic acids is 1. The number of carboxylic acid groups (broad SMARTS) is 1. The molecule has 0 aromatic heterocycles. The Kier molecular flexibility index (Phi) is 4.68. The molecule has 0 saturated carbocycles. The van der Waals surface area contributed by atoms with Crippen LogP contribution in [0.25, 0.3) is 0 Å². The van der Waals surface area contributed by atoms with E-state index in [1.165, 1.54) is 18.2 Å². The molecule has 5 nitrogen and oxygen atoms in total. The van der Waals surface area contributed by atoms with Crippen LogP contribution in [0.1, 0.15) is 23.2 Å². The number of likely N-dealkylation sites (tertiary alicyclic amines) is 1. The molecule has 1 saturated heterocycles. The number of carboxylic acids is 1. The predicted molar refractivity (Wildman–Crippen MR) is 70.7 cm³/mol. The van der Waals surface area contributed by atoms with Gasteiger partial charge in [-0.25, -0.2) is 4.39 Å². The summed E-state index contributed by atoms with van der Waals surface area (Å²) in [5.74, 6) is -1.82. The maximum absolute atomic E-state index is 13.0. The van der Waals surface area contributed by atoms with Crippen molar-refractivity contribution in [2.45, 2.75) is 12.8 Å². The Hall–Kier alpha value is -1.95. The molecule has 2 rings (SSSR count). The van der Waals surface area contributed by atoms with Gasteiger partial charge in [-0.1, -0.05) is 6.07 Å². The highest BCUT2D eigenvalue weighted by Crippen LogP contribution is 2.16. The summed E-state index contributed by atoms with van der Waals surface area (Å²) in [7, 11) is 0. The minimum Gasteiger partial charge on any atom is -0.481 e. The summed E-state index contributed by atoms with van der Waals surface area (Å²) in [5, 5.41) is 11.6. The molecule has 1 aliphatic rings. The molecule has 108 valence electrons. The smallest absolute Gasteiger partial charge is 0.306 e. The monoisotopic (exact) mass is 280 g/mol. The lowest BCUT2D eigenvalue weighted by Gasteiger charge is -2.29. The summed E-state index contributed by atoms with van der Waals surface area (Å²) >= 11 is 0. The van der Waals surface area contributed by atoms with Crippen molar-refractivity contribution >= 4 is 11.9 Å². The van der Waals surface area contributed by atoms with Crippen molar-refractivity contribution in [3.05, 3.63) is 35.6 Å². The van der Waals surface area contributed by atoms with Gasteiger partial charge in [0.25, 0.3) is 5.91 Å². The highest BCUT2D eigenvalue weighted by Gasteiger charge is 2.24. The fourth-order valence-electron chi connectivity index (χ4n) is 2.25. The van der Waals surface area contributed by atoms with Crippen LogP contribution < -0.4 is 5.32 Å². The van der Waals surface area contributed by atoms with E-state index in [1.54, 1.807) is 6.07 Å². The number of rotatable bonds is 4. The number of amides is 1. The van der Waals surface area contributed by atoms with Crippen molar-refractivity contribution in [2.75, 3.05) is 19.8 Å². The lowest BCUT2D eigenvalue weighted by Crippen LogP contribution is -2.43. The quantitative estimate of drug-likeness (QED) is 0.872. The molecule has 1 fully saturated rings. The lowest BCUT2D eigenvalue weighted by molar-refractivity contribution is -0.143. The summed E-state index contributed by atoms with van der Waals surface area (Å²) < 4.78 is 13.0. The van der Waals surface area contributed by atoms with Crippen molar-refractivity contribution in [1.29, 1.82) is 0 Å². The van der Waals surface area contributed by atoms with Crippen molar-refractivity contribution in [2.24, 2.45) is 5.92 Å². The first kappa shape index (κ1) is 14.5. The number of hydrogen-bond acceptors (Lipinski definition) is 3. The highest BCUT2D eigenvalue weighted by atomic mass is 19.1. The maximum atomic E-state index is 13.0. The fraction of sp³-hybridized carbons (Fsp3) is 0.429. The van der Waals surface area contributed by atoms with Crippen molar-refractivity contribution in [1.82, 2.24) is 10.2 Å². The van der Waals surface area contributed by atoms with Gasteiger partial charge in [0.2, 0.25) is 0 Å². The summed E-state index contributed by atoms with van der Waals surface area (Å²) in [4.78, 5) is 24.6. The second-order valence-corrected chi connectivity index (χ2v) is 4.90. The van der Waals surface area contributed by atoms with Gasteiger partial charge in [-0.15, -0.1) is 0 Å². The topological polar surface area (TPSA) is 69.6 Å². The van der Waals surface area contributed by atoms with Gasteiger partial charge in [0.15, 0.2) is 0 Å². The molecule has 0 unspecified atom stereocenters. The number of carbonyl (C=O) groups excluding carboxylic acids is 1. The van der Waals surface area contributed by atoms with Crippen molar-refractivity contribution in [3.63, 3.8) is 0 Å². The van der Waals surface area contributed by atoms with Gasteiger partial charge >= 0.3 is 5.97 Å². The van der Waals surface area contributed by atoms with Crippen molar-refractivity contribution in [3.8, 4) is 0 Å². The number of piperidine rings is 1. The van der Waals surface area contributed by atoms with Crippen LogP contribution in [0.4, 0.5) is 4.39 Å². The molecule has 1 amide bonds. The highest BCUT2D eigenvalue weighted by molar-refractivity contribution is 5.94. The Morgan fingerprint density at radius 3 is 2.65 bits per heavy atom. The van der Waals surface area contributed by atoms with Crippen LogP contribution in [0, 0.1) is 11.7 Å². The Balaban J connectivity index is 1.79. The average Bonchev–Trinajstić information content (AvgIpc) is 2.45. The predicted octanol–water partition coefficient (Wildman–Crippen LogP) is 1.31. The first-order valence-electron chi connectivity index (χ1n) is 6.55. The number of nitrogens with one attached hydrogen (secondary N) is 1. The lowest BCUT2D eigenvalue weighted by atomic mass is 9.97. The van der Waals surface area contributed by atoms with E-state index < -0.39 is 11.8 Å². The second kappa shape index (κ2) is 6.47. The average molecular weight is 280 g/mol. The van der Waals surface area contributed by atoms with Crippen LogP contribution in [0.5, 0.6) is 0 Å². The van der Waals surface area contributed by atoms with Gasteiger partial charge in [-0.3, -0.25) is 14.5 Å². The van der Waals surface area contributed by atoms with E-state index >= 15 is 0 Å². The molecule has 2 N–H and O–H groups in total. The molecular formula is C14H17FN2O3. The Morgan fingerprint density at radius 2 is 2.05 bits per heavy atom. The van der Waals surface area contributed by atoms with Crippen LogP contribution in [0.3, 0.4) is 0 Å². The number of carbonyl (C=O) groups is 2. The first-order chi connectivity index (χ1) is 9.56. The normalized spacial score (nSPS) is 16.9. The molecule has 1 heterocycles.